The van der Waals surface area contributed by atoms with Crippen molar-refractivity contribution < 1.29 is 27.1 Å². The average Bonchev–Trinajstić information content (AvgIpc) is 2.92. The van der Waals surface area contributed by atoms with Crippen molar-refractivity contribution >= 4 is 21.8 Å². The van der Waals surface area contributed by atoms with Crippen LogP contribution in [0.3, 0.4) is 0 Å². The van der Waals surface area contributed by atoms with E-state index < -0.39 is 34.3 Å². The smallest absolute Gasteiger partial charge is 0.242 e. The topological polar surface area (TPSA) is 96.0 Å². The molecule has 0 fully saturated rings. The van der Waals surface area contributed by atoms with Crippen LogP contribution in [0.4, 0.5) is 4.39 Å². The lowest BCUT2D eigenvalue weighted by Crippen LogP contribution is -2.51. The Morgan fingerprint density at radius 2 is 1.49 bits per heavy atom. The summed E-state index contributed by atoms with van der Waals surface area (Å²) >= 11 is 0. The number of benzene rings is 3. The van der Waals surface area contributed by atoms with Crippen molar-refractivity contribution in [2.45, 2.75) is 32.5 Å². The Balaban J connectivity index is 1.74. The molecule has 0 saturated heterocycles. The van der Waals surface area contributed by atoms with Gasteiger partial charge in [-0.3, -0.25) is 9.59 Å². The minimum absolute atomic E-state index is 0.00905. The van der Waals surface area contributed by atoms with Crippen LogP contribution in [0.2, 0.25) is 0 Å². The molecule has 0 heterocycles. The maximum atomic E-state index is 13.5. The van der Waals surface area contributed by atoms with Gasteiger partial charge >= 0.3 is 0 Å². The molecule has 0 spiro atoms. The van der Waals surface area contributed by atoms with Gasteiger partial charge in [0.1, 0.15) is 17.6 Å². The fourth-order valence-electron chi connectivity index (χ4n) is 3.96. The standard InChI is InChI=1S/C29H34FN3O5S/c1-22(29(35)31-18-17-23-11-15-27(38-2)16-12-23)33(20-25-9-13-26(30)14-10-25)28(34)21-32(39(3,36)37)19-24-7-5-4-6-8-24/h4-16,22H,17-21H2,1-3H3,(H,31,35). The third-order valence-corrected chi connectivity index (χ3v) is 7.48. The highest BCUT2D eigenvalue weighted by atomic mass is 32.2. The third-order valence-electron chi connectivity index (χ3n) is 6.29. The number of carbonyl (C=O) groups is 2. The summed E-state index contributed by atoms with van der Waals surface area (Å²) in [6.07, 6.45) is 1.62. The zero-order valence-electron chi connectivity index (χ0n) is 22.3. The van der Waals surface area contributed by atoms with Gasteiger partial charge in [0, 0.05) is 19.6 Å². The van der Waals surface area contributed by atoms with Crippen molar-refractivity contribution in [3.8, 4) is 5.75 Å². The van der Waals surface area contributed by atoms with Gasteiger partial charge in [0.15, 0.2) is 0 Å². The average molecular weight is 556 g/mol. The zero-order valence-corrected chi connectivity index (χ0v) is 23.2. The van der Waals surface area contributed by atoms with Crippen LogP contribution < -0.4 is 10.1 Å². The van der Waals surface area contributed by atoms with E-state index in [0.29, 0.717) is 18.5 Å². The Hall–Kier alpha value is -3.76. The predicted molar refractivity (Wildman–Crippen MR) is 148 cm³/mol. The highest BCUT2D eigenvalue weighted by Gasteiger charge is 2.29. The van der Waals surface area contributed by atoms with Crippen molar-refractivity contribution in [1.82, 2.24) is 14.5 Å². The van der Waals surface area contributed by atoms with E-state index in [1.165, 1.54) is 29.2 Å². The van der Waals surface area contributed by atoms with E-state index >= 15 is 0 Å². The van der Waals surface area contributed by atoms with Crippen LogP contribution in [0.1, 0.15) is 23.6 Å². The molecular formula is C29H34FN3O5S. The van der Waals surface area contributed by atoms with E-state index in [9.17, 15) is 22.4 Å². The Morgan fingerprint density at radius 1 is 0.897 bits per heavy atom. The monoisotopic (exact) mass is 555 g/mol. The minimum Gasteiger partial charge on any atom is -0.497 e. The molecule has 1 N–H and O–H groups in total. The molecule has 208 valence electrons. The van der Waals surface area contributed by atoms with Crippen molar-refractivity contribution in [1.29, 1.82) is 0 Å². The molecule has 0 aliphatic heterocycles. The van der Waals surface area contributed by atoms with Gasteiger partial charge in [0.05, 0.1) is 19.9 Å². The second kappa shape index (κ2) is 13.9. The zero-order chi connectivity index (χ0) is 28.4. The van der Waals surface area contributed by atoms with Gasteiger partial charge in [0.2, 0.25) is 21.8 Å². The fourth-order valence-corrected chi connectivity index (χ4v) is 4.69. The Labute approximate surface area is 229 Å². The summed E-state index contributed by atoms with van der Waals surface area (Å²) in [5, 5.41) is 2.86. The number of halogens is 1. The molecule has 0 saturated carbocycles. The van der Waals surface area contributed by atoms with E-state index in [-0.39, 0.29) is 19.0 Å². The van der Waals surface area contributed by atoms with Crippen LogP contribution >= 0.6 is 0 Å². The number of hydrogen-bond acceptors (Lipinski definition) is 5. The first-order valence-corrected chi connectivity index (χ1v) is 14.3. The molecule has 2 amide bonds. The quantitative estimate of drug-likeness (QED) is 0.349. The SMILES string of the molecule is COc1ccc(CCNC(=O)C(C)N(Cc2ccc(F)cc2)C(=O)CN(Cc2ccccc2)S(C)(=O)=O)cc1. The summed E-state index contributed by atoms with van der Waals surface area (Å²) in [6, 6.07) is 21.1. The molecule has 0 radical (unpaired) electrons. The Bertz CT molecular complexity index is 1330. The van der Waals surface area contributed by atoms with E-state index in [1.54, 1.807) is 38.3 Å². The lowest BCUT2D eigenvalue weighted by atomic mass is 10.1. The fraction of sp³-hybridized carbons (Fsp3) is 0.310. The Kier molecular flexibility index (Phi) is 10.6. The summed E-state index contributed by atoms with van der Waals surface area (Å²) in [7, 11) is -2.15. The van der Waals surface area contributed by atoms with Crippen molar-refractivity contribution in [2.24, 2.45) is 0 Å². The van der Waals surface area contributed by atoms with Crippen LogP contribution in [0.15, 0.2) is 78.9 Å². The normalized spacial score (nSPS) is 12.1. The van der Waals surface area contributed by atoms with E-state index in [2.05, 4.69) is 5.32 Å². The van der Waals surface area contributed by atoms with Crippen LogP contribution in [-0.4, -0.2) is 61.9 Å². The molecule has 1 atom stereocenters. The number of sulfonamides is 1. The molecule has 8 nitrogen and oxygen atoms in total. The molecular weight excluding hydrogens is 521 g/mol. The van der Waals surface area contributed by atoms with Crippen LogP contribution in [0.25, 0.3) is 0 Å². The maximum absolute atomic E-state index is 13.5. The van der Waals surface area contributed by atoms with Crippen molar-refractivity contribution in [2.75, 3.05) is 26.5 Å². The van der Waals surface area contributed by atoms with Gasteiger partial charge in [-0.2, -0.15) is 4.31 Å². The second-order valence-electron chi connectivity index (χ2n) is 9.23. The third kappa shape index (κ3) is 9.19. The van der Waals surface area contributed by atoms with Gasteiger partial charge < -0.3 is 15.0 Å². The molecule has 3 aromatic rings. The minimum atomic E-state index is -3.74. The van der Waals surface area contributed by atoms with Crippen molar-refractivity contribution in [3.05, 3.63) is 101 Å². The van der Waals surface area contributed by atoms with Crippen LogP contribution in [0, 0.1) is 5.82 Å². The number of nitrogens with one attached hydrogen (secondary N) is 1. The molecule has 0 aromatic heterocycles. The first kappa shape index (κ1) is 29.8. The molecule has 10 heteroatoms. The van der Waals surface area contributed by atoms with Gasteiger partial charge in [-0.15, -0.1) is 0 Å². The lowest BCUT2D eigenvalue weighted by Gasteiger charge is -2.31. The highest BCUT2D eigenvalue weighted by Crippen LogP contribution is 2.15. The first-order chi connectivity index (χ1) is 18.6. The van der Waals surface area contributed by atoms with Crippen molar-refractivity contribution in [3.63, 3.8) is 0 Å². The van der Waals surface area contributed by atoms with Gasteiger partial charge in [-0.05, 0) is 54.3 Å². The largest absolute Gasteiger partial charge is 0.497 e. The summed E-state index contributed by atoms with van der Waals surface area (Å²) in [6.45, 7) is 1.51. The van der Waals surface area contributed by atoms with E-state index in [0.717, 1.165) is 27.4 Å². The summed E-state index contributed by atoms with van der Waals surface area (Å²) in [5.74, 6) is -0.611. The molecule has 3 rings (SSSR count). The maximum Gasteiger partial charge on any atom is 0.242 e. The number of hydrogen-bond donors (Lipinski definition) is 1. The Morgan fingerprint density at radius 3 is 2.08 bits per heavy atom. The number of ether oxygens (including phenoxy) is 1. The predicted octanol–water partition coefficient (Wildman–Crippen LogP) is 3.37. The number of amides is 2. The van der Waals surface area contributed by atoms with E-state index in [4.69, 9.17) is 4.74 Å². The van der Waals surface area contributed by atoms with Crippen LogP contribution in [-0.2, 0) is 39.1 Å². The first-order valence-electron chi connectivity index (χ1n) is 12.5. The van der Waals surface area contributed by atoms with Gasteiger partial charge in [-0.1, -0.05) is 54.6 Å². The molecule has 39 heavy (non-hydrogen) atoms. The number of methoxy groups -OCH3 is 1. The van der Waals surface area contributed by atoms with E-state index in [1.807, 2.05) is 30.3 Å². The number of carbonyl (C=O) groups excluding carboxylic acids is 2. The molecule has 0 aliphatic rings. The summed E-state index contributed by atoms with van der Waals surface area (Å²) in [4.78, 5) is 27.9. The summed E-state index contributed by atoms with van der Waals surface area (Å²) < 4.78 is 44.8. The molecule has 0 bridgehead atoms. The second-order valence-corrected chi connectivity index (χ2v) is 11.2. The molecule has 0 aliphatic carbocycles. The highest BCUT2D eigenvalue weighted by molar-refractivity contribution is 7.88. The van der Waals surface area contributed by atoms with Gasteiger partial charge in [0.25, 0.3) is 0 Å². The molecule has 1 unspecified atom stereocenters. The molecule has 3 aromatic carbocycles. The number of nitrogens with zero attached hydrogens (tertiary/aromatic N) is 2. The lowest BCUT2D eigenvalue weighted by molar-refractivity contribution is -0.140. The van der Waals surface area contributed by atoms with Crippen LogP contribution in [0.5, 0.6) is 5.75 Å². The number of rotatable bonds is 13. The van der Waals surface area contributed by atoms with Gasteiger partial charge in [-0.25, -0.2) is 12.8 Å². The summed E-state index contributed by atoms with van der Waals surface area (Å²) in [5.41, 5.74) is 2.34.